The molecule has 0 spiro atoms. The molecule has 2 amide bonds. The Morgan fingerprint density at radius 3 is 2.76 bits per heavy atom. The monoisotopic (exact) mass is 426 g/mol. The molecule has 0 saturated carbocycles. The summed E-state index contributed by atoms with van der Waals surface area (Å²) in [6.07, 6.45) is 0.882. The number of hydrogen-bond acceptors (Lipinski definition) is 7. The zero-order chi connectivity index (χ0) is 20.1. The minimum atomic E-state index is -0.314. The largest absolute Gasteiger partial charge is 0.484 e. The lowest BCUT2D eigenvalue weighted by molar-refractivity contribution is -0.118. The van der Waals surface area contributed by atoms with Crippen molar-refractivity contribution in [2.75, 3.05) is 29.1 Å². The number of amides is 2. The molecule has 2 heterocycles. The smallest absolute Gasteiger partial charge is 0.264 e. The Bertz CT molecular complexity index is 1010. The van der Waals surface area contributed by atoms with Crippen LogP contribution in [0, 0.1) is 0 Å². The highest BCUT2D eigenvalue weighted by Crippen LogP contribution is 2.30. The fraction of sp³-hybridized carbons (Fsp3) is 0.200. The predicted molar refractivity (Wildman–Crippen MR) is 114 cm³/mol. The number of fused-ring (bicyclic) bond motifs is 1. The molecule has 0 fully saturated rings. The van der Waals surface area contributed by atoms with Crippen molar-refractivity contribution in [3.8, 4) is 5.75 Å². The average molecular weight is 427 g/mol. The van der Waals surface area contributed by atoms with Crippen molar-refractivity contribution < 1.29 is 14.3 Å². The van der Waals surface area contributed by atoms with Crippen LogP contribution in [0.2, 0.25) is 0 Å². The van der Waals surface area contributed by atoms with E-state index in [9.17, 15) is 9.59 Å². The maximum absolute atomic E-state index is 12.6. The van der Waals surface area contributed by atoms with Crippen LogP contribution in [-0.4, -0.2) is 40.9 Å². The molecule has 4 rings (SSSR count). The fourth-order valence-corrected chi connectivity index (χ4v) is 4.58. The maximum atomic E-state index is 12.6. The van der Waals surface area contributed by atoms with Gasteiger partial charge in [0.1, 0.15) is 5.75 Å². The number of carbonyl (C=O) groups excluding carboxylic acids is 2. The van der Waals surface area contributed by atoms with Crippen molar-refractivity contribution in [2.45, 2.75) is 10.8 Å². The van der Waals surface area contributed by atoms with Gasteiger partial charge in [-0.3, -0.25) is 14.9 Å². The first kappa shape index (κ1) is 19.4. The molecule has 0 bridgehead atoms. The summed E-state index contributed by atoms with van der Waals surface area (Å²) in [5, 5.41) is 11.0. The summed E-state index contributed by atoms with van der Waals surface area (Å²) in [6.45, 7) is 0.594. The molecule has 3 aromatic rings. The topological polar surface area (TPSA) is 84.4 Å². The summed E-state index contributed by atoms with van der Waals surface area (Å²) >= 11 is 2.55. The minimum absolute atomic E-state index is 0.0389. The highest BCUT2D eigenvalue weighted by Gasteiger charge is 2.24. The van der Waals surface area contributed by atoms with E-state index in [-0.39, 0.29) is 24.2 Å². The summed E-state index contributed by atoms with van der Waals surface area (Å²) < 4.78 is 6.03. The van der Waals surface area contributed by atoms with Gasteiger partial charge in [0.2, 0.25) is 11.0 Å². The van der Waals surface area contributed by atoms with Crippen molar-refractivity contribution in [3.63, 3.8) is 0 Å². The molecule has 0 unspecified atom stereocenters. The van der Waals surface area contributed by atoms with E-state index in [1.807, 2.05) is 41.3 Å². The Morgan fingerprint density at radius 1 is 1.10 bits per heavy atom. The maximum Gasteiger partial charge on any atom is 0.264 e. The SMILES string of the molecule is O=C(COc1ccccc1)Nc1nnc(SCC(=O)N2CCc3ccccc32)s1. The van der Waals surface area contributed by atoms with Crippen LogP contribution in [0.4, 0.5) is 10.8 Å². The minimum Gasteiger partial charge on any atom is -0.484 e. The fourth-order valence-electron chi connectivity index (χ4n) is 2.94. The third-order valence-electron chi connectivity index (χ3n) is 4.27. The number of carbonyl (C=O) groups is 2. The number of ether oxygens (including phenoxy) is 1. The van der Waals surface area contributed by atoms with Gasteiger partial charge in [0.25, 0.3) is 5.91 Å². The van der Waals surface area contributed by atoms with E-state index in [1.165, 1.54) is 28.7 Å². The molecule has 0 aliphatic carbocycles. The third kappa shape index (κ3) is 4.93. The Hall–Kier alpha value is -2.91. The zero-order valence-corrected chi connectivity index (χ0v) is 17.0. The van der Waals surface area contributed by atoms with Gasteiger partial charge >= 0.3 is 0 Å². The highest BCUT2D eigenvalue weighted by molar-refractivity contribution is 8.01. The molecule has 1 N–H and O–H groups in total. The van der Waals surface area contributed by atoms with Gasteiger partial charge < -0.3 is 9.64 Å². The van der Waals surface area contributed by atoms with Crippen molar-refractivity contribution in [1.29, 1.82) is 0 Å². The number of para-hydroxylation sites is 2. The zero-order valence-electron chi connectivity index (χ0n) is 15.4. The average Bonchev–Trinajstić information content (AvgIpc) is 3.38. The number of hydrogen-bond donors (Lipinski definition) is 1. The van der Waals surface area contributed by atoms with E-state index in [0.717, 1.165) is 12.1 Å². The summed E-state index contributed by atoms with van der Waals surface area (Å²) in [5.41, 5.74) is 2.19. The van der Waals surface area contributed by atoms with Crippen LogP contribution in [0.25, 0.3) is 0 Å². The lowest BCUT2D eigenvalue weighted by atomic mass is 10.2. The van der Waals surface area contributed by atoms with E-state index in [1.54, 1.807) is 12.1 Å². The second kappa shape index (κ2) is 9.06. The Kier molecular flexibility index (Phi) is 6.06. The van der Waals surface area contributed by atoms with Crippen LogP contribution < -0.4 is 15.0 Å². The molecule has 29 heavy (non-hydrogen) atoms. The van der Waals surface area contributed by atoms with Crippen molar-refractivity contribution in [2.24, 2.45) is 0 Å². The van der Waals surface area contributed by atoms with Gasteiger partial charge in [0.05, 0.1) is 5.75 Å². The van der Waals surface area contributed by atoms with Gasteiger partial charge in [-0.2, -0.15) is 0 Å². The van der Waals surface area contributed by atoms with Crippen LogP contribution >= 0.6 is 23.1 Å². The van der Waals surface area contributed by atoms with Crippen molar-refractivity contribution in [1.82, 2.24) is 10.2 Å². The van der Waals surface area contributed by atoms with E-state index >= 15 is 0 Å². The predicted octanol–water partition coefficient (Wildman–Crippen LogP) is 3.24. The standard InChI is InChI=1S/C20H18N4O3S2/c25-17(12-27-15-7-2-1-3-8-15)21-19-22-23-20(29-19)28-13-18(26)24-11-10-14-6-4-5-9-16(14)24/h1-9H,10-13H2,(H,21,22,25). The molecule has 9 heteroatoms. The van der Waals surface area contributed by atoms with Crippen LogP contribution in [0.1, 0.15) is 5.56 Å². The summed E-state index contributed by atoms with van der Waals surface area (Å²) in [6, 6.07) is 17.1. The van der Waals surface area contributed by atoms with E-state index in [2.05, 4.69) is 21.6 Å². The summed E-state index contributed by atoms with van der Waals surface area (Å²) in [4.78, 5) is 26.4. The van der Waals surface area contributed by atoms with Gasteiger partial charge in [0, 0.05) is 12.2 Å². The molecule has 7 nitrogen and oxygen atoms in total. The lowest BCUT2D eigenvalue weighted by Gasteiger charge is -2.16. The number of aromatic nitrogens is 2. The number of rotatable bonds is 7. The Balaban J connectivity index is 1.25. The van der Waals surface area contributed by atoms with Crippen LogP contribution in [-0.2, 0) is 16.0 Å². The van der Waals surface area contributed by atoms with Gasteiger partial charge in [-0.1, -0.05) is 59.5 Å². The van der Waals surface area contributed by atoms with Gasteiger partial charge in [0.15, 0.2) is 10.9 Å². The number of thioether (sulfide) groups is 1. The molecular weight excluding hydrogens is 408 g/mol. The van der Waals surface area contributed by atoms with Crippen LogP contribution in [0.3, 0.4) is 0 Å². The molecular formula is C20H18N4O3S2. The molecule has 1 aliphatic rings. The molecule has 148 valence electrons. The number of anilines is 2. The van der Waals surface area contributed by atoms with E-state index < -0.39 is 0 Å². The second-order valence-electron chi connectivity index (χ2n) is 6.24. The van der Waals surface area contributed by atoms with Gasteiger partial charge in [-0.25, -0.2) is 0 Å². The van der Waals surface area contributed by atoms with Crippen LogP contribution in [0.15, 0.2) is 58.9 Å². The molecule has 1 aliphatic heterocycles. The quantitative estimate of drug-likeness (QED) is 0.461. The van der Waals surface area contributed by atoms with E-state index in [0.29, 0.717) is 21.8 Å². The number of nitrogens with one attached hydrogen (secondary N) is 1. The first-order valence-corrected chi connectivity index (χ1v) is 10.8. The number of benzene rings is 2. The van der Waals surface area contributed by atoms with Crippen LogP contribution in [0.5, 0.6) is 5.75 Å². The first-order chi connectivity index (χ1) is 14.2. The van der Waals surface area contributed by atoms with E-state index in [4.69, 9.17) is 4.74 Å². The highest BCUT2D eigenvalue weighted by atomic mass is 32.2. The van der Waals surface area contributed by atoms with Crippen molar-refractivity contribution >= 4 is 45.7 Å². The Labute approximate surface area is 176 Å². The molecule has 2 aromatic carbocycles. The molecule has 0 atom stereocenters. The first-order valence-electron chi connectivity index (χ1n) is 9.01. The third-order valence-corrected chi connectivity index (χ3v) is 6.23. The molecule has 0 radical (unpaired) electrons. The Morgan fingerprint density at radius 2 is 1.90 bits per heavy atom. The second-order valence-corrected chi connectivity index (χ2v) is 8.44. The van der Waals surface area contributed by atoms with Gasteiger partial charge in [-0.05, 0) is 30.2 Å². The summed E-state index contributed by atoms with van der Waals surface area (Å²) in [7, 11) is 0. The van der Waals surface area contributed by atoms with Crippen molar-refractivity contribution in [3.05, 3.63) is 60.2 Å². The normalized spacial score (nSPS) is 12.5. The number of nitrogens with zero attached hydrogens (tertiary/aromatic N) is 3. The lowest BCUT2D eigenvalue weighted by Crippen LogP contribution is -2.30. The molecule has 1 aromatic heterocycles. The molecule has 0 saturated heterocycles. The summed E-state index contributed by atoms with van der Waals surface area (Å²) in [5.74, 6) is 0.620. The van der Waals surface area contributed by atoms with Gasteiger partial charge in [-0.15, -0.1) is 10.2 Å².